The molecule has 1 saturated heterocycles. The third-order valence-electron chi connectivity index (χ3n) is 3.77. The summed E-state index contributed by atoms with van der Waals surface area (Å²) in [6, 6.07) is 8.14. The van der Waals surface area contributed by atoms with Gasteiger partial charge < -0.3 is 15.0 Å². The zero-order valence-corrected chi connectivity index (χ0v) is 14.1. The van der Waals surface area contributed by atoms with Crippen LogP contribution in [0.5, 0.6) is 5.75 Å². The summed E-state index contributed by atoms with van der Waals surface area (Å²) < 4.78 is 6.64. The van der Waals surface area contributed by atoms with Crippen LogP contribution >= 0.6 is 15.9 Å². The number of benzene rings is 1. The van der Waals surface area contributed by atoms with E-state index in [0.717, 1.165) is 42.6 Å². The average molecular weight is 355 g/mol. The summed E-state index contributed by atoms with van der Waals surface area (Å²) in [5.41, 5.74) is 0. The zero-order chi connectivity index (χ0) is 15.1. The molecular formula is C16H23BrN2O2. The maximum absolute atomic E-state index is 12.2. The molecule has 1 atom stereocenters. The van der Waals surface area contributed by atoms with Gasteiger partial charge in [0.15, 0.2) is 0 Å². The Morgan fingerprint density at radius 2 is 2.29 bits per heavy atom. The van der Waals surface area contributed by atoms with E-state index < -0.39 is 0 Å². The number of likely N-dealkylation sites (N-methyl/N-ethyl adjacent to an activating group) is 1. The first kappa shape index (κ1) is 16.3. The highest BCUT2D eigenvalue weighted by atomic mass is 79.9. The first-order chi connectivity index (χ1) is 10.2. The molecular weight excluding hydrogens is 332 g/mol. The number of halogens is 1. The average Bonchev–Trinajstić information content (AvgIpc) is 2.94. The molecule has 1 aliphatic heterocycles. The summed E-state index contributed by atoms with van der Waals surface area (Å²) in [5, 5.41) is 3.17. The van der Waals surface area contributed by atoms with Gasteiger partial charge in [-0.25, -0.2) is 0 Å². The standard InChI is InChI=1S/C16H23BrN2O2/c1-18-12-13-6-4-10-19(13)16(20)9-5-11-21-15-8-3-2-7-14(15)17/h2-3,7-8,13,18H,4-6,9-12H2,1H3. The number of hydrogen-bond acceptors (Lipinski definition) is 3. The minimum atomic E-state index is 0.253. The summed E-state index contributed by atoms with van der Waals surface area (Å²) in [5.74, 6) is 1.09. The molecule has 1 heterocycles. The smallest absolute Gasteiger partial charge is 0.222 e. The Balaban J connectivity index is 1.71. The number of amides is 1. The van der Waals surface area contributed by atoms with E-state index in [1.165, 1.54) is 0 Å². The van der Waals surface area contributed by atoms with Crippen LogP contribution in [-0.4, -0.2) is 43.6 Å². The molecule has 1 N–H and O–H groups in total. The maximum atomic E-state index is 12.2. The van der Waals surface area contributed by atoms with Crippen molar-refractivity contribution in [3.05, 3.63) is 28.7 Å². The minimum absolute atomic E-state index is 0.253. The molecule has 1 aliphatic rings. The van der Waals surface area contributed by atoms with Gasteiger partial charge in [0.25, 0.3) is 0 Å². The van der Waals surface area contributed by atoms with Crippen LogP contribution in [0.2, 0.25) is 0 Å². The van der Waals surface area contributed by atoms with Crippen LogP contribution in [0.1, 0.15) is 25.7 Å². The summed E-state index contributed by atoms with van der Waals surface area (Å²) in [7, 11) is 1.94. The highest BCUT2D eigenvalue weighted by molar-refractivity contribution is 9.10. The number of rotatable bonds is 7. The quantitative estimate of drug-likeness (QED) is 0.765. The monoisotopic (exact) mass is 354 g/mol. The first-order valence-electron chi connectivity index (χ1n) is 7.53. The molecule has 0 aromatic heterocycles. The zero-order valence-electron chi connectivity index (χ0n) is 12.5. The van der Waals surface area contributed by atoms with Crippen LogP contribution in [0.3, 0.4) is 0 Å². The van der Waals surface area contributed by atoms with E-state index in [1.807, 2.05) is 36.2 Å². The van der Waals surface area contributed by atoms with Gasteiger partial charge in [-0.2, -0.15) is 0 Å². The normalized spacial score (nSPS) is 18.0. The second kappa shape index (κ2) is 8.39. The van der Waals surface area contributed by atoms with Crippen LogP contribution in [0.15, 0.2) is 28.7 Å². The summed E-state index contributed by atoms with van der Waals surface area (Å²) in [6.07, 6.45) is 3.54. The summed E-state index contributed by atoms with van der Waals surface area (Å²) in [6.45, 7) is 2.36. The molecule has 0 spiro atoms. The number of ether oxygens (including phenoxy) is 1. The number of nitrogens with one attached hydrogen (secondary N) is 1. The van der Waals surface area contributed by atoms with Crippen LogP contribution in [-0.2, 0) is 4.79 Å². The van der Waals surface area contributed by atoms with Gasteiger partial charge in [0.05, 0.1) is 11.1 Å². The second-order valence-corrected chi connectivity index (χ2v) is 6.18. The van der Waals surface area contributed by atoms with Crippen molar-refractivity contribution < 1.29 is 9.53 Å². The lowest BCUT2D eigenvalue weighted by Gasteiger charge is -2.24. The van der Waals surface area contributed by atoms with Crippen molar-refractivity contribution in [1.82, 2.24) is 10.2 Å². The van der Waals surface area contributed by atoms with Gasteiger partial charge in [-0.15, -0.1) is 0 Å². The van der Waals surface area contributed by atoms with Crippen LogP contribution < -0.4 is 10.1 Å². The van der Waals surface area contributed by atoms with E-state index in [9.17, 15) is 4.79 Å². The van der Waals surface area contributed by atoms with Gasteiger partial charge in [0.2, 0.25) is 5.91 Å². The van der Waals surface area contributed by atoms with Crippen LogP contribution in [0.4, 0.5) is 0 Å². The Labute approximate surface area is 135 Å². The lowest BCUT2D eigenvalue weighted by atomic mass is 10.2. The molecule has 1 amide bonds. The molecule has 0 radical (unpaired) electrons. The van der Waals surface area contributed by atoms with Crippen molar-refractivity contribution in [2.24, 2.45) is 0 Å². The molecule has 4 nitrogen and oxygen atoms in total. The predicted octanol–water partition coefficient (Wildman–Crippen LogP) is 2.82. The molecule has 1 fully saturated rings. The Morgan fingerprint density at radius 1 is 1.48 bits per heavy atom. The summed E-state index contributed by atoms with van der Waals surface area (Å²) >= 11 is 3.45. The molecule has 5 heteroatoms. The van der Waals surface area contributed by atoms with E-state index in [2.05, 4.69) is 21.2 Å². The van der Waals surface area contributed by atoms with E-state index in [4.69, 9.17) is 4.74 Å². The number of carbonyl (C=O) groups is 1. The number of nitrogens with zero attached hydrogens (tertiary/aromatic N) is 1. The van der Waals surface area contributed by atoms with Crippen LogP contribution in [0, 0.1) is 0 Å². The van der Waals surface area contributed by atoms with E-state index in [0.29, 0.717) is 19.1 Å². The SMILES string of the molecule is CNCC1CCCN1C(=O)CCCOc1ccccc1Br. The topological polar surface area (TPSA) is 41.6 Å². The van der Waals surface area contributed by atoms with Crippen molar-refractivity contribution in [2.75, 3.05) is 26.7 Å². The van der Waals surface area contributed by atoms with Gasteiger partial charge in [-0.3, -0.25) is 4.79 Å². The molecule has 2 rings (SSSR count). The number of hydrogen-bond donors (Lipinski definition) is 1. The third kappa shape index (κ3) is 4.71. The van der Waals surface area contributed by atoms with E-state index in [-0.39, 0.29) is 5.91 Å². The maximum Gasteiger partial charge on any atom is 0.222 e. The highest BCUT2D eigenvalue weighted by Gasteiger charge is 2.27. The second-order valence-electron chi connectivity index (χ2n) is 5.32. The van der Waals surface area contributed by atoms with Crippen molar-refractivity contribution in [3.63, 3.8) is 0 Å². The Hall–Kier alpha value is -1.07. The van der Waals surface area contributed by atoms with Crippen molar-refractivity contribution in [2.45, 2.75) is 31.7 Å². The van der Waals surface area contributed by atoms with Gasteiger partial charge in [0, 0.05) is 25.6 Å². The van der Waals surface area contributed by atoms with Gasteiger partial charge in [0.1, 0.15) is 5.75 Å². The lowest BCUT2D eigenvalue weighted by molar-refractivity contribution is -0.132. The van der Waals surface area contributed by atoms with Gasteiger partial charge >= 0.3 is 0 Å². The number of para-hydroxylation sites is 1. The Bertz CT molecular complexity index is 467. The number of likely N-dealkylation sites (tertiary alicyclic amines) is 1. The molecule has 116 valence electrons. The predicted molar refractivity (Wildman–Crippen MR) is 87.5 cm³/mol. The van der Waals surface area contributed by atoms with E-state index in [1.54, 1.807) is 0 Å². The molecule has 0 bridgehead atoms. The fourth-order valence-electron chi connectivity index (χ4n) is 2.72. The summed E-state index contributed by atoms with van der Waals surface area (Å²) in [4.78, 5) is 14.3. The van der Waals surface area contributed by atoms with Gasteiger partial charge in [-0.1, -0.05) is 12.1 Å². The molecule has 1 aromatic carbocycles. The van der Waals surface area contributed by atoms with Crippen molar-refractivity contribution >= 4 is 21.8 Å². The van der Waals surface area contributed by atoms with Crippen LogP contribution in [0.25, 0.3) is 0 Å². The van der Waals surface area contributed by atoms with Crippen molar-refractivity contribution in [1.29, 1.82) is 0 Å². The van der Waals surface area contributed by atoms with Gasteiger partial charge in [-0.05, 0) is 54.4 Å². The lowest BCUT2D eigenvalue weighted by Crippen LogP contribution is -2.40. The third-order valence-corrected chi connectivity index (χ3v) is 4.42. The largest absolute Gasteiger partial charge is 0.492 e. The molecule has 21 heavy (non-hydrogen) atoms. The van der Waals surface area contributed by atoms with E-state index >= 15 is 0 Å². The fourth-order valence-corrected chi connectivity index (χ4v) is 3.12. The minimum Gasteiger partial charge on any atom is -0.492 e. The molecule has 0 saturated carbocycles. The Morgan fingerprint density at radius 3 is 3.05 bits per heavy atom. The molecule has 1 aromatic rings. The molecule has 1 unspecified atom stereocenters. The number of carbonyl (C=O) groups excluding carboxylic acids is 1. The van der Waals surface area contributed by atoms with Crippen molar-refractivity contribution in [3.8, 4) is 5.75 Å². The Kier molecular flexibility index (Phi) is 6.51. The highest BCUT2D eigenvalue weighted by Crippen LogP contribution is 2.24. The fraction of sp³-hybridized carbons (Fsp3) is 0.562. The molecule has 0 aliphatic carbocycles. The first-order valence-corrected chi connectivity index (χ1v) is 8.33.